The van der Waals surface area contributed by atoms with Crippen LogP contribution in [0.15, 0.2) is 0 Å². The molecule has 1 atom stereocenters. The number of hydrogen-bond acceptors (Lipinski definition) is 3. The number of hydrogen-bond donors (Lipinski definition) is 0. The van der Waals surface area contributed by atoms with E-state index in [0.29, 0.717) is 12.1 Å². The van der Waals surface area contributed by atoms with Crippen molar-refractivity contribution in [3.8, 4) is 0 Å². The van der Waals surface area contributed by atoms with Gasteiger partial charge in [0, 0.05) is 44.9 Å². The Hall–Kier alpha value is -0.120. The van der Waals surface area contributed by atoms with Gasteiger partial charge >= 0.3 is 0 Å². The van der Waals surface area contributed by atoms with Crippen LogP contribution in [0.2, 0.25) is 0 Å². The quantitative estimate of drug-likeness (QED) is 0.774. The molecule has 1 aliphatic carbocycles. The van der Waals surface area contributed by atoms with E-state index in [9.17, 15) is 0 Å². The van der Waals surface area contributed by atoms with Crippen LogP contribution in [-0.4, -0.2) is 61.3 Å². The minimum absolute atomic E-state index is 0.576. The summed E-state index contributed by atoms with van der Waals surface area (Å²) >= 11 is 0. The molecule has 3 nitrogen and oxygen atoms in total. The highest BCUT2D eigenvalue weighted by Crippen LogP contribution is 2.33. The number of piperazine rings is 1. The first-order valence-electron chi connectivity index (χ1n) is 9.01. The van der Waals surface area contributed by atoms with Crippen LogP contribution in [0.25, 0.3) is 0 Å². The highest BCUT2D eigenvalue weighted by molar-refractivity contribution is 4.89. The maximum Gasteiger partial charge on any atom is 0.0630 e. The number of rotatable bonds is 5. The minimum atomic E-state index is 0.576. The Morgan fingerprint density at radius 1 is 1.00 bits per heavy atom. The summed E-state index contributed by atoms with van der Waals surface area (Å²) in [6.45, 7) is 13.9. The van der Waals surface area contributed by atoms with E-state index in [1.165, 1.54) is 45.3 Å². The van der Waals surface area contributed by atoms with Crippen molar-refractivity contribution in [2.75, 3.05) is 33.4 Å². The molecule has 0 radical (unpaired) electrons. The molecule has 0 N–H and O–H groups in total. The Morgan fingerprint density at radius 2 is 1.67 bits per heavy atom. The fourth-order valence-electron chi connectivity index (χ4n) is 4.38. The lowest BCUT2D eigenvalue weighted by molar-refractivity contribution is -0.0156. The topological polar surface area (TPSA) is 15.7 Å². The molecule has 0 aromatic carbocycles. The standard InChI is InChI=1S/C18H36N2O/c1-14(2)16-6-8-17(9-7-16)19-10-11-20(15(3)4)18(12-19)13-21-5/h14-18H,6-13H2,1-5H3/t16?,17?,18-/m1/s1. The first-order valence-corrected chi connectivity index (χ1v) is 9.01. The van der Waals surface area contributed by atoms with Gasteiger partial charge in [-0.15, -0.1) is 0 Å². The normalized spacial score (nSPS) is 33.0. The van der Waals surface area contributed by atoms with E-state index in [4.69, 9.17) is 4.74 Å². The van der Waals surface area contributed by atoms with E-state index in [1.54, 1.807) is 0 Å². The summed E-state index contributed by atoms with van der Waals surface area (Å²) in [5, 5.41) is 0. The predicted octanol–water partition coefficient (Wildman–Crippen LogP) is 3.24. The highest BCUT2D eigenvalue weighted by atomic mass is 16.5. The summed E-state index contributed by atoms with van der Waals surface area (Å²) in [4.78, 5) is 5.39. The monoisotopic (exact) mass is 296 g/mol. The third kappa shape index (κ3) is 4.43. The Bertz CT molecular complexity index is 298. The molecule has 1 saturated carbocycles. The van der Waals surface area contributed by atoms with E-state index in [1.807, 2.05) is 7.11 Å². The summed E-state index contributed by atoms with van der Waals surface area (Å²) < 4.78 is 5.48. The van der Waals surface area contributed by atoms with Crippen molar-refractivity contribution in [3.63, 3.8) is 0 Å². The fraction of sp³-hybridized carbons (Fsp3) is 1.00. The second-order valence-corrected chi connectivity index (χ2v) is 7.75. The Labute approximate surface area is 132 Å². The highest BCUT2D eigenvalue weighted by Gasteiger charge is 2.34. The molecular formula is C18H36N2O. The summed E-state index contributed by atoms with van der Waals surface area (Å²) in [6, 6.07) is 2.03. The SMILES string of the molecule is COC[C@H]1CN(C2CCC(C(C)C)CC2)CCN1C(C)C. The smallest absolute Gasteiger partial charge is 0.0630 e. The molecule has 1 saturated heterocycles. The van der Waals surface area contributed by atoms with Gasteiger partial charge in [0.25, 0.3) is 0 Å². The molecule has 0 aromatic rings. The third-order valence-electron chi connectivity index (χ3n) is 5.78. The third-order valence-corrected chi connectivity index (χ3v) is 5.78. The second kappa shape index (κ2) is 7.94. The van der Waals surface area contributed by atoms with Crippen molar-refractivity contribution in [3.05, 3.63) is 0 Å². The molecule has 1 heterocycles. The number of ether oxygens (including phenoxy) is 1. The van der Waals surface area contributed by atoms with E-state index < -0.39 is 0 Å². The van der Waals surface area contributed by atoms with Crippen molar-refractivity contribution >= 4 is 0 Å². The van der Waals surface area contributed by atoms with Crippen LogP contribution in [-0.2, 0) is 4.74 Å². The average molecular weight is 296 g/mol. The van der Waals surface area contributed by atoms with E-state index in [-0.39, 0.29) is 0 Å². The van der Waals surface area contributed by atoms with Gasteiger partial charge in [0.1, 0.15) is 0 Å². The first kappa shape index (κ1) is 17.2. The van der Waals surface area contributed by atoms with E-state index >= 15 is 0 Å². The van der Waals surface area contributed by atoms with Crippen LogP contribution >= 0.6 is 0 Å². The molecule has 1 aliphatic heterocycles. The van der Waals surface area contributed by atoms with Crippen molar-refractivity contribution in [1.29, 1.82) is 0 Å². The van der Waals surface area contributed by atoms with Crippen LogP contribution in [0, 0.1) is 11.8 Å². The summed E-state index contributed by atoms with van der Waals surface area (Å²) in [6.07, 6.45) is 5.68. The molecular weight excluding hydrogens is 260 g/mol. The van der Waals surface area contributed by atoms with Gasteiger partial charge in [-0.2, -0.15) is 0 Å². The lowest BCUT2D eigenvalue weighted by Gasteiger charge is -2.47. The largest absolute Gasteiger partial charge is 0.383 e. The molecule has 2 fully saturated rings. The zero-order chi connectivity index (χ0) is 15.4. The summed E-state index contributed by atoms with van der Waals surface area (Å²) in [7, 11) is 1.84. The molecule has 2 rings (SSSR count). The van der Waals surface area contributed by atoms with Crippen LogP contribution in [0.3, 0.4) is 0 Å². The molecule has 2 aliphatic rings. The van der Waals surface area contributed by atoms with Crippen molar-refractivity contribution < 1.29 is 4.74 Å². The molecule has 0 bridgehead atoms. The van der Waals surface area contributed by atoms with Gasteiger partial charge in [-0.25, -0.2) is 0 Å². The van der Waals surface area contributed by atoms with Gasteiger partial charge in [0.2, 0.25) is 0 Å². The number of nitrogens with zero attached hydrogens (tertiary/aromatic N) is 2. The van der Waals surface area contributed by atoms with Crippen molar-refractivity contribution in [1.82, 2.24) is 9.80 Å². The minimum Gasteiger partial charge on any atom is -0.383 e. The van der Waals surface area contributed by atoms with Gasteiger partial charge in [0.15, 0.2) is 0 Å². The van der Waals surface area contributed by atoms with Crippen molar-refractivity contribution in [2.24, 2.45) is 11.8 Å². The molecule has 0 amide bonds. The molecule has 21 heavy (non-hydrogen) atoms. The van der Waals surface area contributed by atoms with E-state index in [2.05, 4.69) is 37.5 Å². The van der Waals surface area contributed by atoms with Crippen LogP contribution in [0.1, 0.15) is 53.4 Å². The van der Waals surface area contributed by atoms with Gasteiger partial charge < -0.3 is 4.74 Å². The molecule has 3 heteroatoms. The van der Waals surface area contributed by atoms with Gasteiger partial charge in [-0.05, 0) is 51.4 Å². The van der Waals surface area contributed by atoms with Gasteiger partial charge in [-0.1, -0.05) is 13.8 Å². The predicted molar refractivity (Wildman–Crippen MR) is 89.7 cm³/mol. The van der Waals surface area contributed by atoms with Gasteiger partial charge in [0.05, 0.1) is 6.61 Å². The van der Waals surface area contributed by atoms with Gasteiger partial charge in [-0.3, -0.25) is 9.80 Å². The Balaban J connectivity index is 1.88. The molecule has 0 unspecified atom stereocenters. The maximum atomic E-state index is 5.48. The van der Waals surface area contributed by atoms with Crippen LogP contribution in [0.4, 0.5) is 0 Å². The Kier molecular flexibility index (Phi) is 6.51. The average Bonchev–Trinajstić information content (AvgIpc) is 2.47. The van der Waals surface area contributed by atoms with Crippen LogP contribution < -0.4 is 0 Å². The summed E-state index contributed by atoms with van der Waals surface area (Å²) in [5.74, 6) is 1.83. The van der Waals surface area contributed by atoms with Crippen molar-refractivity contribution in [2.45, 2.75) is 71.5 Å². The summed E-state index contributed by atoms with van der Waals surface area (Å²) in [5.41, 5.74) is 0. The molecule has 124 valence electrons. The zero-order valence-electron chi connectivity index (χ0n) is 14.8. The second-order valence-electron chi connectivity index (χ2n) is 7.75. The fourth-order valence-corrected chi connectivity index (χ4v) is 4.38. The Morgan fingerprint density at radius 3 is 2.19 bits per heavy atom. The van der Waals surface area contributed by atoms with E-state index in [0.717, 1.165) is 24.5 Å². The first-order chi connectivity index (χ1) is 10.0. The number of methoxy groups -OCH3 is 1. The lowest BCUT2D eigenvalue weighted by Crippen LogP contribution is -2.59. The lowest BCUT2D eigenvalue weighted by atomic mass is 9.79. The van der Waals surface area contributed by atoms with Crippen LogP contribution in [0.5, 0.6) is 0 Å². The zero-order valence-corrected chi connectivity index (χ0v) is 14.8. The molecule has 0 aromatic heterocycles. The maximum absolute atomic E-state index is 5.48. The molecule has 0 spiro atoms.